The Morgan fingerprint density at radius 3 is 2.95 bits per heavy atom. The maximum Gasteiger partial charge on any atom is 0.234 e. The summed E-state index contributed by atoms with van der Waals surface area (Å²) >= 11 is 0. The lowest BCUT2D eigenvalue weighted by molar-refractivity contribution is -0.123. The van der Waals surface area contributed by atoms with Crippen molar-refractivity contribution < 1.29 is 9.21 Å². The predicted octanol–water partition coefficient (Wildman–Crippen LogP) is 0.750. The van der Waals surface area contributed by atoms with Crippen molar-refractivity contribution in [2.24, 2.45) is 5.73 Å². The Morgan fingerprint density at radius 2 is 2.32 bits per heavy atom. The number of carbonyl (C=O) groups excluding carboxylic acids is 1. The molecule has 0 radical (unpaired) electrons. The molecular weight excluding hydrogens is 242 g/mol. The van der Waals surface area contributed by atoms with Gasteiger partial charge in [-0.05, 0) is 31.9 Å². The molecule has 0 aromatic carbocycles. The minimum Gasteiger partial charge on any atom is -0.469 e. The standard InChI is InChI=1S/C14H23N3O2/c1-11(9-13-3-2-8-19-13)16-14(18)10-17-6-4-12(15)5-7-17/h2-3,8,11-12H,4-7,9-10,15H2,1H3,(H,16,18). The Morgan fingerprint density at radius 1 is 1.58 bits per heavy atom. The second-order valence-corrected chi connectivity index (χ2v) is 5.37. The summed E-state index contributed by atoms with van der Waals surface area (Å²) in [5.74, 6) is 0.978. The van der Waals surface area contributed by atoms with Crippen molar-refractivity contribution in [3.8, 4) is 0 Å². The van der Waals surface area contributed by atoms with Crippen molar-refractivity contribution in [2.75, 3.05) is 19.6 Å². The highest BCUT2D eigenvalue weighted by molar-refractivity contribution is 5.78. The fourth-order valence-electron chi connectivity index (χ4n) is 2.42. The normalized spacial score (nSPS) is 19.3. The van der Waals surface area contributed by atoms with Crippen LogP contribution in [0, 0.1) is 0 Å². The summed E-state index contributed by atoms with van der Waals surface area (Å²) < 4.78 is 5.27. The molecule has 2 rings (SSSR count). The molecular formula is C14H23N3O2. The summed E-state index contributed by atoms with van der Waals surface area (Å²) in [5.41, 5.74) is 5.85. The molecule has 2 heterocycles. The summed E-state index contributed by atoms with van der Waals surface area (Å²) in [6.45, 7) is 4.30. The molecule has 1 aromatic rings. The number of amides is 1. The number of furan rings is 1. The smallest absolute Gasteiger partial charge is 0.234 e. The molecule has 1 unspecified atom stereocenters. The van der Waals surface area contributed by atoms with Gasteiger partial charge in [-0.1, -0.05) is 0 Å². The number of piperidine rings is 1. The van der Waals surface area contributed by atoms with Crippen molar-refractivity contribution in [1.82, 2.24) is 10.2 Å². The SMILES string of the molecule is CC(Cc1ccco1)NC(=O)CN1CCC(N)CC1. The van der Waals surface area contributed by atoms with Crippen LogP contribution >= 0.6 is 0 Å². The molecule has 0 spiro atoms. The van der Waals surface area contributed by atoms with Crippen LogP contribution in [0.1, 0.15) is 25.5 Å². The van der Waals surface area contributed by atoms with Crippen LogP contribution in [0.5, 0.6) is 0 Å². The van der Waals surface area contributed by atoms with Crippen LogP contribution in [-0.2, 0) is 11.2 Å². The van der Waals surface area contributed by atoms with Crippen LogP contribution in [0.3, 0.4) is 0 Å². The van der Waals surface area contributed by atoms with Gasteiger partial charge in [0.25, 0.3) is 0 Å². The summed E-state index contributed by atoms with van der Waals surface area (Å²) in [6.07, 6.45) is 4.34. The van der Waals surface area contributed by atoms with Crippen molar-refractivity contribution in [1.29, 1.82) is 0 Å². The van der Waals surface area contributed by atoms with Crippen molar-refractivity contribution in [3.05, 3.63) is 24.2 Å². The number of nitrogens with one attached hydrogen (secondary N) is 1. The molecule has 1 saturated heterocycles. The van der Waals surface area contributed by atoms with E-state index in [0.717, 1.165) is 38.1 Å². The Balaban J connectivity index is 1.69. The van der Waals surface area contributed by atoms with Gasteiger partial charge < -0.3 is 15.5 Å². The van der Waals surface area contributed by atoms with Crippen molar-refractivity contribution in [2.45, 2.75) is 38.3 Å². The number of nitrogens with zero attached hydrogens (tertiary/aromatic N) is 1. The first-order valence-corrected chi connectivity index (χ1v) is 6.93. The lowest BCUT2D eigenvalue weighted by Gasteiger charge is -2.29. The highest BCUT2D eigenvalue weighted by Gasteiger charge is 2.19. The Labute approximate surface area is 114 Å². The second kappa shape index (κ2) is 6.73. The van der Waals surface area contributed by atoms with Crippen LogP contribution in [0.25, 0.3) is 0 Å². The number of hydrogen-bond acceptors (Lipinski definition) is 4. The summed E-state index contributed by atoms with van der Waals surface area (Å²) in [6, 6.07) is 4.18. The van der Waals surface area contributed by atoms with E-state index in [0.29, 0.717) is 12.6 Å². The minimum absolute atomic E-state index is 0.0783. The topological polar surface area (TPSA) is 71.5 Å². The van der Waals surface area contributed by atoms with Crippen LogP contribution in [0.2, 0.25) is 0 Å². The van der Waals surface area contributed by atoms with E-state index in [1.54, 1.807) is 6.26 Å². The Bertz CT molecular complexity index is 383. The number of rotatable bonds is 5. The first-order valence-electron chi connectivity index (χ1n) is 6.93. The van der Waals surface area contributed by atoms with Gasteiger partial charge >= 0.3 is 0 Å². The van der Waals surface area contributed by atoms with E-state index in [1.165, 1.54) is 0 Å². The van der Waals surface area contributed by atoms with Crippen molar-refractivity contribution >= 4 is 5.91 Å². The van der Waals surface area contributed by atoms with E-state index in [2.05, 4.69) is 10.2 Å². The molecule has 1 atom stereocenters. The molecule has 1 amide bonds. The molecule has 5 nitrogen and oxygen atoms in total. The van der Waals surface area contributed by atoms with Crippen LogP contribution in [0.15, 0.2) is 22.8 Å². The van der Waals surface area contributed by atoms with E-state index >= 15 is 0 Å². The zero-order valence-electron chi connectivity index (χ0n) is 11.5. The number of nitrogens with two attached hydrogens (primary N) is 1. The zero-order valence-corrected chi connectivity index (χ0v) is 11.5. The molecule has 1 fully saturated rings. The molecule has 1 aliphatic heterocycles. The van der Waals surface area contributed by atoms with E-state index in [4.69, 9.17) is 10.2 Å². The third-order valence-corrected chi connectivity index (χ3v) is 3.49. The third kappa shape index (κ3) is 4.69. The Kier molecular flexibility index (Phi) is 4.99. The number of likely N-dealkylation sites (tertiary alicyclic amines) is 1. The highest BCUT2D eigenvalue weighted by Crippen LogP contribution is 2.08. The first-order chi connectivity index (χ1) is 9.13. The molecule has 0 aliphatic carbocycles. The fraction of sp³-hybridized carbons (Fsp3) is 0.643. The molecule has 5 heteroatoms. The van der Waals surface area contributed by atoms with Crippen LogP contribution in [-0.4, -0.2) is 42.5 Å². The average molecular weight is 265 g/mol. The number of hydrogen-bond donors (Lipinski definition) is 2. The molecule has 0 saturated carbocycles. The molecule has 1 aromatic heterocycles. The monoisotopic (exact) mass is 265 g/mol. The molecule has 106 valence electrons. The minimum atomic E-state index is 0.0783. The lowest BCUT2D eigenvalue weighted by Crippen LogP contribution is -2.46. The maximum absolute atomic E-state index is 11.9. The number of carbonyl (C=O) groups is 1. The quantitative estimate of drug-likeness (QED) is 0.824. The van der Waals surface area contributed by atoms with Crippen molar-refractivity contribution in [3.63, 3.8) is 0 Å². The van der Waals surface area contributed by atoms with E-state index in [-0.39, 0.29) is 11.9 Å². The van der Waals surface area contributed by atoms with Gasteiger partial charge in [-0.25, -0.2) is 0 Å². The molecule has 3 N–H and O–H groups in total. The fourth-order valence-corrected chi connectivity index (χ4v) is 2.42. The van der Waals surface area contributed by atoms with Gasteiger partial charge in [-0.3, -0.25) is 9.69 Å². The first kappa shape index (κ1) is 14.1. The van der Waals surface area contributed by atoms with Gasteiger partial charge in [0.05, 0.1) is 12.8 Å². The van der Waals surface area contributed by atoms with E-state index in [9.17, 15) is 4.79 Å². The second-order valence-electron chi connectivity index (χ2n) is 5.37. The van der Waals surface area contributed by atoms with E-state index in [1.807, 2.05) is 19.1 Å². The van der Waals surface area contributed by atoms with Gasteiger partial charge in [0.15, 0.2) is 0 Å². The van der Waals surface area contributed by atoms with Gasteiger partial charge in [-0.2, -0.15) is 0 Å². The highest BCUT2D eigenvalue weighted by atomic mass is 16.3. The van der Waals surface area contributed by atoms with Gasteiger partial charge in [0.2, 0.25) is 5.91 Å². The van der Waals surface area contributed by atoms with Crippen LogP contribution < -0.4 is 11.1 Å². The Hall–Kier alpha value is -1.33. The largest absolute Gasteiger partial charge is 0.469 e. The van der Waals surface area contributed by atoms with E-state index < -0.39 is 0 Å². The lowest BCUT2D eigenvalue weighted by atomic mass is 10.1. The molecule has 1 aliphatic rings. The van der Waals surface area contributed by atoms with Gasteiger partial charge in [0, 0.05) is 31.6 Å². The average Bonchev–Trinajstić information content (AvgIpc) is 2.84. The van der Waals surface area contributed by atoms with Gasteiger partial charge in [-0.15, -0.1) is 0 Å². The zero-order chi connectivity index (χ0) is 13.7. The maximum atomic E-state index is 11.9. The third-order valence-electron chi connectivity index (χ3n) is 3.49. The molecule has 0 bridgehead atoms. The molecule has 19 heavy (non-hydrogen) atoms. The van der Waals surface area contributed by atoms with Gasteiger partial charge in [0.1, 0.15) is 5.76 Å². The van der Waals surface area contributed by atoms with Crippen LogP contribution in [0.4, 0.5) is 0 Å². The summed E-state index contributed by atoms with van der Waals surface area (Å²) in [4.78, 5) is 14.1. The summed E-state index contributed by atoms with van der Waals surface area (Å²) in [7, 11) is 0. The predicted molar refractivity (Wildman–Crippen MR) is 73.7 cm³/mol. The summed E-state index contributed by atoms with van der Waals surface area (Å²) in [5, 5.41) is 3.00.